The quantitative estimate of drug-likeness (QED) is 0.0350. The fourth-order valence-corrected chi connectivity index (χ4v) is 6.69. The van der Waals surface area contributed by atoms with Crippen molar-refractivity contribution in [2.75, 3.05) is 19.8 Å². The Hall–Kier alpha value is -2.14. The lowest BCUT2D eigenvalue weighted by molar-refractivity contribution is -0.163. The molecule has 0 aliphatic heterocycles. The molecule has 0 radical (unpaired) electrons. The summed E-state index contributed by atoms with van der Waals surface area (Å²) >= 11 is 0. The first-order valence-electron chi connectivity index (χ1n) is 24.2. The minimum absolute atomic E-state index is 0.0759. The van der Waals surface area contributed by atoms with Crippen LogP contribution in [0.2, 0.25) is 0 Å². The van der Waals surface area contributed by atoms with E-state index in [9.17, 15) is 9.59 Å². The highest BCUT2D eigenvalue weighted by atomic mass is 16.6. The van der Waals surface area contributed by atoms with E-state index in [1.165, 1.54) is 141 Å². The Labute approximate surface area is 348 Å². The molecule has 0 aromatic rings. The van der Waals surface area contributed by atoms with Crippen molar-refractivity contribution >= 4 is 11.9 Å². The molecule has 0 aromatic heterocycles. The fourth-order valence-electron chi connectivity index (χ4n) is 6.69. The topological polar surface area (TPSA) is 61.8 Å². The zero-order chi connectivity index (χ0) is 40.7. The summed E-state index contributed by atoms with van der Waals surface area (Å²) in [4.78, 5) is 25.3. The van der Waals surface area contributed by atoms with Crippen molar-refractivity contribution in [3.63, 3.8) is 0 Å². The molecule has 0 N–H and O–H groups in total. The molecular formula is C51H92O5. The average molecular weight is 785 g/mol. The molecule has 0 aliphatic carbocycles. The number of esters is 2. The standard InChI is InChI=1S/C51H92O5/c1-4-7-10-13-16-19-22-24-25-26-28-31-34-37-40-43-46-54-47-49(56-51(53)45-42-39-36-33-29-21-18-15-12-9-6-3)48-55-50(52)44-41-38-35-32-30-27-23-20-17-14-11-8-5-2/h11,14,16,19-20,23-25,49H,4-10,12-13,15,17-18,21-22,26-48H2,1-3H3/b14-11-,19-16-,23-20-,25-24-. The maximum atomic E-state index is 12.7. The van der Waals surface area contributed by atoms with Crippen LogP contribution in [0.1, 0.15) is 239 Å². The van der Waals surface area contributed by atoms with Crippen molar-refractivity contribution in [3.8, 4) is 0 Å². The third-order valence-corrected chi connectivity index (χ3v) is 10.3. The largest absolute Gasteiger partial charge is 0.462 e. The van der Waals surface area contributed by atoms with Crippen molar-refractivity contribution in [3.05, 3.63) is 48.6 Å². The lowest BCUT2D eigenvalue weighted by atomic mass is 10.1. The van der Waals surface area contributed by atoms with Gasteiger partial charge in [-0.25, -0.2) is 0 Å². The number of ether oxygens (including phenoxy) is 3. The molecule has 0 fully saturated rings. The zero-order valence-electron chi connectivity index (χ0n) is 37.4. The van der Waals surface area contributed by atoms with Gasteiger partial charge in [0.2, 0.25) is 0 Å². The van der Waals surface area contributed by atoms with Gasteiger partial charge in [0, 0.05) is 19.4 Å². The van der Waals surface area contributed by atoms with Gasteiger partial charge in [-0.15, -0.1) is 0 Å². The predicted molar refractivity (Wildman–Crippen MR) is 242 cm³/mol. The normalized spacial score (nSPS) is 12.6. The highest BCUT2D eigenvalue weighted by molar-refractivity contribution is 5.70. The van der Waals surface area contributed by atoms with E-state index in [0.29, 0.717) is 19.4 Å². The summed E-state index contributed by atoms with van der Waals surface area (Å²) in [5.74, 6) is -0.414. The van der Waals surface area contributed by atoms with Crippen LogP contribution in [0.4, 0.5) is 0 Å². The number of carbonyl (C=O) groups is 2. The third-order valence-electron chi connectivity index (χ3n) is 10.3. The monoisotopic (exact) mass is 785 g/mol. The van der Waals surface area contributed by atoms with Crippen LogP contribution in [0.15, 0.2) is 48.6 Å². The van der Waals surface area contributed by atoms with E-state index in [2.05, 4.69) is 69.4 Å². The van der Waals surface area contributed by atoms with Crippen molar-refractivity contribution in [2.45, 2.75) is 245 Å². The summed E-state index contributed by atoms with van der Waals surface area (Å²) in [6, 6.07) is 0. The number of hydrogen-bond acceptors (Lipinski definition) is 5. The van der Waals surface area contributed by atoms with Crippen molar-refractivity contribution < 1.29 is 23.8 Å². The highest BCUT2D eigenvalue weighted by Crippen LogP contribution is 2.14. The molecule has 56 heavy (non-hydrogen) atoms. The molecule has 1 unspecified atom stereocenters. The minimum Gasteiger partial charge on any atom is -0.462 e. The summed E-state index contributed by atoms with van der Waals surface area (Å²) in [5, 5.41) is 0. The van der Waals surface area contributed by atoms with Gasteiger partial charge in [-0.1, -0.05) is 198 Å². The molecular weight excluding hydrogens is 693 g/mol. The smallest absolute Gasteiger partial charge is 0.306 e. The maximum Gasteiger partial charge on any atom is 0.306 e. The molecule has 0 bridgehead atoms. The molecule has 0 aromatic carbocycles. The number of carbonyl (C=O) groups excluding carboxylic acids is 2. The summed E-state index contributed by atoms with van der Waals surface area (Å²) in [6.07, 6.45) is 56.8. The zero-order valence-corrected chi connectivity index (χ0v) is 37.4. The van der Waals surface area contributed by atoms with Crippen LogP contribution in [-0.2, 0) is 23.8 Å². The van der Waals surface area contributed by atoms with E-state index in [1.807, 2.05) is 0 Å². The Morgan fingerprint density at radius 3 is 1.29 bits per heavy atom. The lowest BCUT2D eigenvalue weighted by Crippen LogP contribution is -2.30. The maximum absolute atomic E-state index is 12.7. The first kappa shape index (κ1) is 53.9. The summed E-state index contributed by atoms with van der Waals surface area (Å²) in [7, 11) is 0. The van der Waals surface area contributed by atoms with Crippen LogP contribution < -0.4 is 0 Å². The van der Waals surface area contributed by atoms with E-state index in [4.69, 9.17) is 14.2 Å². The number of rotatable bonds is 44. The second-order valence-electron chi connectivity index (χ2n) is 16.0. The van der Waals surface area contributed by atoms with Crippen LogP contribution in [0.3, 0.4) is 0 Å². The van der Waals surface area contributed by atoms with Crippen LogP contribution in [-0.4, -0.2) is 37.9 Å². The second-order valence-corrected chi connectivity index (χ2v) is 16.0. The Bertz CT molecular complexity index is 935. The van der Waals surface area contributed by atoms with Gasteiger partial charge in [0.15, 0.2) is 6.10 Å². The van der Waals surface area contributed by atoms with Crippen LogP contribution in [0.5, 0.6) is 0 Å². The molecule has 0 heterocycles. The summed E-state index contributed by atoms with van der Waals surface area (Å²) < 4.78 is 17.3. The number of hydrogen-bond donors (Lipinski definition) is 0. The fraction of sp³-hybridized carbons (Fsp3) is 0.804. The average Bonchev–Trinajstić information content (AvgIpc) is 3.20. The van der Waals surface area contributed by atoms with E-state index < -0.39 is 6.10 Å². The molecule has 0 spiro atoms. The van der Waals surface area contributed by atoms with Gasteiger partial charge in [-0.2, -0.15) is 0 Å². The molecule has 0 rings (SSSR count). The number of unbranched alkanes of at least 4 members (excludes halogenated alkanes) is 25. The SMILES string of the molecule is CCC/C=C\C/C=C\CCCCCCCC(=O)OCC(COCCCCCCCC/C=C\C/C=C\CCCCC)OC(=O)CCCCCCCCCCCCC. The molecule has 5 nitrogen and oxygen atoms in total. The van der Waals surface area contributed by atoms with Crippen LogP contribution >= 0.6 is 0 Å². The van der Waals surface area contributed by atoms with Gasteiger partial charge >= 0.3 is 11.9 Å². The van der Waals surface area contributed by atoms with Gasteiger partial charge in [-0.05, 0) is 77.0 Å². The van der Waals surface area contributed by atoms with Crippen molar-refractivity contribution in [1.29, 1.82) is 0 Å². The van der Waals surface area contributed by atoms with Crippen molar-refractivity contribution in [2.24, 2.45) is 0 Å². The van der Waals surface area contributed by atoms with E-state index in [0.717, 1.165) is 64.2 Å². The van der Waals surface area contributed by atoms with Crippen LogP contribution in [0.25, 0.3) is 0 Å². The first-order valence-corrected chi connectivity index (χ1v) is 24.2. The summed E-state index contributed by atoms with van der Waals surface area (Å²) in [6.45, 7) is 7.71. The molecule has 1 atom stereocenters. The Balaban J connectivity index is 4.27. The molecule has 0 amide bonds. The van der Waals surface area contributed by atoms with Crippen molar-refractivity contribution in [1.82, 2.24) is 0 Å². The van der Waals surface area contributed by atoms with E-state index in [-0.39, 0.29) is 25.2 Å². The van der Waals surface area contributed by atoms with E-state index >= 15 is 0 Å². The van der Waals surface area contributed by atoms with E-state index in [1.54, 1.807) is 0 Å². The summed E-state index contributed by atoms with van der Waals surface area (Å²) in [5.41, 5.74) is 0. The Kier molecular flexibility index (Phi) is 45.4. The lowest BCUT2D eigenvalue weighted by Gasteiger charge is -2.18. The Morgan fingerprint density at radius 2 is 0.786 bits per heavy atom. The number of allylic oxidation sites excluding steroid dienone is 8. The van der Waals surface area contributed by atoms with Gasteiger partial charge < -0.3 is 14.2 Å². The molecule has 326 valence electrons. The molecule has 0 saturated heterocycles. The molecule has 0 saturated carbocycles. The second kappa shape index (κ2) is 47.2. The minimum atomic E-state index is -0.543. The third kappa shape index (κ3) is 44.6. The van der Waals surface area contributed by atoms with Gasteiger partial charge in [0.25, 0.3) is 0 Å². The first-order chi connectivity index (χ1) is 27.6. The Morgan fingerprint density at radius 1 is 0.393 bits per heavy atom. The molecule has 0 aliphatic rings. The van der Waals surface area contributed by atoms with Gasteiger partial charge in [0.05, 0.1) is 6.61 Å². The van der Waals surface area contributed by atoms with Crippen LogP contribution in [0, 0.1) is 0 Å². The predicted octanol–water partition coefficient (Wildman–Crippen LogP) is 16.0. The van der Waals surface area contributed by atoms with Gasteiger partial charge in [0.1, 0.15) is 6.61 Å². The van der Waals surface area contributed by atoms with Gasteiger partial charge in [-0.3, -0.25) is 9.59 Å². The molecule has 5 heteroatoms. The highest BCUT2D eigenvalue weighted by Gasteiger charge is 2.17.